The van der Waals surface area contributed by atoms with E-state index in [-0.39, 0.29) is 41.6 Å². The van der Waals surface area contributed by atoms with Gasteiger partial charge in [0.2, 0.25) is 11.7 Å². The Morgan fingerprint density at radius 3 is 2.69 bits per heavy atom. The number of aromatic nitrogens is 3. The maximum atomic E-state index is 13.0. The number of hydrogen-bond acceptors (Lipinski definition) is 5. The van der Waals surface area contributed by atoms with Crippen LogP contribution < -0.4 is 10.9 Å². The third-order valence-electron chi connectivity index (χ3n) is 3.54. The van der Waals surface area contributed by atoms with Gasteiger partial charge in [-0.3, -0.25) is 9.59 Å². The number of hydrogen-bond donors (Lipinski definition) is 1. The maximum Gasteiger partial charge on any atom is 0.263 e. The van der Waals surface area contributed by atoms with Crippen LogP contribution in [0.25, 0.3) is 22.8 Å². The van der Waals surface area contributed by atoms with E-state index in [1.807, 2.05) is 13.8 Å². The molecular weight excluding hydrogens is 339 g/mol. The van der Waals surface area contributed by atoms with Gasteiger partial charge in [-0.2, -0.15) is 4.98 Å². The van der Waals surface area contributed by atoms with Gasteiger partial charge in [0.1, 0.15) is 17.9 Å². The molecule has 134 valence electrons. The summed E-state index contributed by atoms with van der Waals surface area (Å²) in [6.07, 6.45) is 1.52. The second-order valence-corrected chi connectivity index (χ2v) is 6.01. The summed E-state index contributed by atoms with van der Waals surface area (Å²) < 4.78 is 19.5. The van der Waals surface area contributed by atoms with Gasteiger partial charge < -0.3 is 14.4 Å². The molecule has 0 spiro atoms. The molecule has 0 saturated carbocycles. The molecule has 2 heterocycles. The van der Waals surface area contributed by atoms with Crippen LogP contribution >= 0.6 is 0 Å². The van der Waals surface area contributed by atoms with Crippen LogP contribution in [-0.4, -0.2) is 26.7 Å². The Labute approximate surface area is 148 Å². The van der Waals surface area contributed by atoms with Crippen molar-refractivity contribution in [2.24, 2.45) is 0 Å². The fourth-order valence-electron chi connectivity index (χ4n) is 2.40. The number of nitrogens with zero attached hydrogens (tertiary/aromatic N) is 3. The van der Waals surface area contributed by atoms with Crippen LogP contribution in [-0.2, 0) is 11.3 Å². The molecule has 0 aliphatic rings. The molecule has 0 fully saturated rings. The molecule has 26 heavy (non-hydrogen) atoms. The summed E-state index contributed by atoms with van der Waals surface area (Å²) in [5.41, 5.74) is 0.334. The number of carbonyl (C=O) groups excluding carboxylic acids is 1. The molecule has 0 bridgehead atoms. The van der Waals surface area contributed by atoms with Crippen LogP contribution in [0.3, 0.4) is 0 Å². The lowest BCUT2D eigenvalue weighted by atomic mass is 10.2. The monoisotopic (exact) mass is 356 g/mol. The van der Waals surface area contributed by atoms with Gasteiger partial charge in [-0.05, 0) is 50.2 Å². The largest absolute Gasteiger partial charge is 0.352 e. The molecule has 3 rings (SSSR count). The van der Waals surface area contributed by atoms with E-state index in [2.05, 4.69) is 15.5 Å². The minimum atomic E-state index is -0.416. The van der Waals surface area contributed by atoms with Crippen molar-refractivity contribution < 1.29 is 13.7 Å². The van der Waals surface area contributed by atoms with Crippen LogP contribution in [0.1, 0.15) is 13.8 Å². The van der Waals surface area contributed by atoms with Gasteiger partial charge in [0.25, 0.3) is 11.4 Å². The van der Waals surface area contributed by atoms with Crippen LogP contribution in [0, 0.1) is 5.82 Å². The molecule has 7 nitrogen and oxygen atoms in total. The highest BCUT2D eigenvalue weighted by molar-refractivity contribution is 5.76. The molecule has 8 heteroatoms. The summed E-state index contributed by atoms with van der Waals surface area (Å²) in [5, 5.41) is 6.55. The molecule has 0 aliphatic heterocycles. The molecule has 3 aromatic rings. The van der Waals surface area contributed by atoms with Gasteiger partial charge >= 0.3 is 0 Å². The third-order valence-corrected chi connectivity index (χ3v) is 3.54. The third kappa shape index (κ3) is 3.85. The van der Waals surface area contributed by atoms with Crippen LogP contribution in [0.5, 0.6) is 0 Å². The SMILES string of the molecule is CC(C)NC(=O)Cn1cccc(-c2nc(-c3ccc(F)cc3)no2)c1=O. The number of pyridine rings is 1. The van der Waals surface area contributed by atoms with Crippen molar-refractivity contribution in [3.63, 3.8) is 0 Å². The standard InChI is InChI=1S/C18H17FN4O3/c1-11(2)20-15(24)10-23-9-3-4-14(18(23)25)17-21-16(22-26-17)12-5-7-13(19)8-6-12/h3-9,11H,10H2,1-2H3,(H,20,24). The molecule has 0 saturated heterocycles. The van der Waals surface area contributed by atoms with E-state index in [0.29, 0.717) is 5.56 Å². The molecule has 0 unspecified atom stereocenters. The van der Waals surface area contributed by atoms with Crippen molar-refractivity contribution in [3.8, 4) is 22.8 Å². The van der Waals surface area contributed by atoms with E-state index in [4.69, 9.17) is 4.52 Å². The van der Waals surface area contributed by atoms with Crippen LogP contribution in [0.4, 0.5) is 4.39 Å². The number of carbonyl (C=O) groups is 1. The normalized spacial score (nSPS) is 10.9. The Morgan fingerprint density at radius 1 is 1.27 bits per heavy atom. The number of benzene rings is 1. The fourth-order valence-corrected chi connectivity index (χ4v) is 2.40. The Balaban J connectivity index is 1.88. The minimum Gasteiger partial charge on any atom is -0.352 e. The Kier molecular flexibility index (Phi) is 4.92. The van der Waals surface area contributed by atoms with Gasteiger partial charge in [-0.25, -0.2) is 4.39 Å². The van der Waals surface area contributed by atoms with Gasteiger partial charge in [0.15, 0.2) is 0 Å². The van der Waals surface area contributed by atoms with E-state index in [1.165, 1.54) is 35.0 Å². The minimum absolute atomic E-state index is 0.0180. The zero-order valence-electron chi connectivity index (χ0n) is 14.3. The summed E-state index contributed by atoms with van der Waals surface area (Å²) >= 11 is 0. The number of halogens is 1. The van der Waals surface area contributed by atoms with Crippen molar-refractivity contribution in [1.29, 1.82) is 0 Å². The molecular formula is C18H17FN4O3. The van der Waals surface area contributed by atoms with E-state index < -0.39 is 5.56 Å². The van der Waals surface area contributed by atoms with Crippen molar-refractivity contribution in [3.05, 3.63) is 58.8 Å². The molecule has 2 aromatic heterocycles. The first-order chi connectivity index (χ1) is 12.4. The van der Waals surface area contributed by atoms with Crippen molar-refractivity contribution in [2.45, 2.75) is 26.4 Å². The van der Waals surface area contributed by atoms with Crippen molar-refractivity contribution >= 4 is 5.91 Å². The molecule has 0 aliphatic carbocycles. The van der Waals surface area contributed by atoms with E-state index in [9.17, 15) is 14.0 Å². The van der Waals surface area contributed by atoms with Crippen molar-refractivity contribution in [1.82, 2.24) is 20.0 Å². The van der Waals surface area contributed by atoms with Crippen LogP contribution in [0.2, 0.25) is 0 Å². The first-order valence-corrected chi connectivity index (χ1v) is 8.03. The fraction of sp³-hybridized carbons (Fsp3) is 0.222. The molecule has 0 radical (unpaired) electrons. The highest BCUT2D eigenvalue weighted by Gasteiger charge is 2.16. The first-order valence-electron chi connectivity index (χ1n) is 8.03. The Bertz CT molecular complexity index is 977. The number of rotatable bonds is 5. The van der Waals surface area contributed by atoms with E-state index in [1.54, 1.807) is 12.1 Å². The molecule has 0 atom stereocenters. The lowest BCUT2D eigenvalue weighted by Crippen LogP contribution is -2.36. The average molecular weight is 356 g/mol. The summed E-state index contributed by atoms with van der Waals surface area (Å²) in [5.74, 6) is -0.361. The molecule has 1 aromatic carbocycles. The van der Waals surface area contributed by atoms with Gasteiger partial charge in [0.05, 0.1) is 0 Å². The smallest absolute Gasteiger partial charge is 0.263 e. The number of amides is 1. The average Bonchev–Trinajstić information content (AvgIpc) is 3.06. The van der Waals surface area contributed by atoms with E-state index >= 15 is 0 Å². The summed E-state index contributed by atoms with van der Waals surface area (Å²) in [6, 6.07) is 8.76. The van der Waals surface area contributed by atoms with Gasteiger partial charge in [-0.1, -0.05) is 5.16 Å². The molecule has 1 N–H and O–H groups in total. The van der Waals surface area contributed by atoms with Gasteiger partial charge in [0, 0.05) is 17.8 Å². The zero-order chi connectivity index (χ0) is 18.7. The highest BCUT2D eigenvalue weighted by Crippen LogP contribution is 2.20. The number of nitrogens with one attached hydrogen (secondary N) is 1. The van der Waals surface area contributed by atoms with Gasteiger partial charge in [-0.15, -0.1) is 0 Å². The zero-order valence-corrected chi connectivity index (χ0v) is 14.3. The predicted octanol–water partition coefficient (Wildman–Crippen LogP) is 2.23. The van der Waals surface area contributed by atoms with Crippen molar-refractivity contribution in [2.75, 3.05) is 0 Å². The lowest BCUT2D eigenvalue weighted by Gasteiger charge is -2.10. The predicted molar refractivity (Wildman–Crippen MR) is 92.7 cm³/mol. The second-order valence-electron chi connectivity index (χ2n) is 6.01. The Morgan fingerprint density at radius 2 is 2.00 bits per heavy atom. The summed E-state index contributed by atoms with van der Waals surface area (Å²) in [6.45, 7) is 3.57. The highest BCUT2D eigenvalue weighted by atomic mass is 19.1. The van der Waals surface area contributed by atoms with E-state index in [0.717, 1.165) is 0 Å². The first kappa shape index (κ1) is 17.5. The van der Waals surface area contributed by atoms with Crippen LogP contribution in [0.15, 0.2) is 51.9 Å². The molecule has 1 amide bonds. The lowest BCUT2D eigenvalue weighted by molar-refractivity contribution is -0.122. The topological polar surface area (TPSA) is 90.0 Å². The second kappa shape index (κ2) is 7.30. The summed E-state index contributed by atoms with van der Waals surface area (Å²) in [7, 11) is 0. The summed E-state index contributed by atoms with van der Waals surface area (Å²) in [4.78, 5) is 28.7. The Hall–Kier alpha value is -3.29. The quantitative estimate of drug-likeness (QED) is 0.757. The maximum absolute atomic E-state index is 13.0.